The third-order valence-corrected chi connectivity index (χ3v) is 4.10. The highest BCUT2D eigenvalue weighted by molar-refractivity contribution is 6.13. The summed E-state index contributed by atoms with van der Waals surface area (Å²) in [4.78, 5) is 48.2. The Hall–Kier alpha value is -4.08. The van der Waals surface area contributed by atoms with E-state index in [2.05, 4.69) is 14.8 Å². The predicted molar refractivity (Wildman–Crippen MR) is 101 cm³/mol. The highest BCUT2D eigenvalue weighted by Gasteiger charge is 2.34. The van der Waals surface area contributed by atoms with Gasteiger partial charge in [-0.3, -0.25) is 9.69 Å². The molecule has 3 rings (SSSR count). The lowest BCUT2D eigenvalue weighted by Crippen LogP contribution is -2.30. The van der Waals surface area contributed by atoms with E-state index in [0.717, 1.165) is 4.90 Å². The summed E-state index contributed by atoms with van der Waals surface area (Å²) in [5.41, 5.74) is 0.722. The van der Waals surface area contributed by atoms with Crippen LogP contribution in [0.3, 0.4) is 0 Å². The maximum Gasteiger partial charge on any atom is 0.373 e. The number of carbonyl (C=O) groups is 4. The van der Waals surface area contributed by atoms with Crippen molar-refractivity contribution >= 4 is 30.0 Å². The maximum atomic E-state index is 12.6. The molecule has 0 aliphatic carbocycles. The SMILES string of the molecule is COC(=O)COc1ccc(/C=C2\NC(=O)N(Cc3ccc(C(=O)OC)o3)C2=O)cc1. The number of furan rings is 1. The largest absolute Gasteiger partial charge is 0.482 e. The number of hydrogen-bond acceptors (Lipinski definition) is 8. The molecule has 0 radical (unpaired) electrons. The Kier molecular flexibility index (Phi) is 6.16. The van der Waals surface area contributed by atoms with Crippen molar-refractivity contribution in [2.24, 2.45) is 0 Å². The van der Waals surface area contributed by atoms with Crippen molar-refractivity contribution < 1.29 is 37.8 Å². The summed E-state index contributed by atoms with van der Waals surface area (Å²) < 4.78 is 19.6. The molecule has 3 amide bonds. The van der Waals surface area contributed by atoms with Gasteiger partial charge in [0, 0.05) is 0 Å². The number of methoxy groups -OCH3 is 2. The number of urea groups is 1. The van der Waals surface area contributed by atoms with E-state index in [9.17, 15) is 19.2 Å². The van der Waals surface area contributed by atoms with Crippen LogP contribution in [0, 0.1) is 0 Å². The van der Waals surface area contributed by atoms with Gasteiger partial charge in [0.1, 0.15) is 17.2 Å². The summed E-state index contributed by atoms with van der Waals surface area (Å²) in [6.45, 7) is -0.357. The van der Waals surface area contributed by atoms with E-state index in [0.29, 0.717) is 11.3 Å². The summed E-state index contributed by atoms with van der Waals surface area (Å²) in [5.74, 6) is -1.02. The molecular formula is C20H18N2O8. The monoisotopic (exact) mass is 414 g/mol. The highest BCUT2D eigenvalue weighted by Crippen LogP contribution is 2.20. The number of amides is 3. The number of hydrogen-bond donors (Lipinski definition) is 1. The van der Waals surface area contributed by atoms with Crippen LogP contribution in [0.25, 0.3) is 6.08 Å². The van der Waals surface area contributed by atoms with Crippen LogP contribution in [0.5, 0.6) is 5.75 Å². The molecule has 1 saturated heterocycles. The summed E-state index contributed by atoms with van der Waals surface area (Å²) in [5, 5.41) is 2.50. The summed E-state index contributed by atoms with van der Waals surface area (Å²) in [6, 6.07) is 8.84. The number of nitrogens with zero attached hydrogens (tertiary/aromatic N) is 1. The summed E-state index contributed by atoms with van der Waals surface area (Å²) in [7, 11) is 2.48. The lowest BCUT2D eigenvalue weighted by molar-refractivity contribution is -0.142. The van der Waals surface area contributed by atoms with E-state index in [1.165, 1.54) is 32.4 Å². The van der Waals surface area contributed by atoms with Gasteiger partial charge in [0.2, 0.25) is 5.76 Å². The molecule has 10 heteroatoms. The summed E-state index contributed by atoms with van der Waals surface area (Å²) in [6.07, 6.45) is 1.51. The molecule has 1 aromatic heterocycles. The number of nitrogens with one attached hydrogen (secondary N) is 1. The van der Waals surface area contributed by atoms with Gasteiger partial charge in [-0.05, 0) is 35.9 Å². The molecule has 1 fully saturated rings. The van der Waals surface area contributed by atoms with Crippen LogP contribution in [-0.2, 0) is 25.6 Å². The molecule has 2 aromatic rings. The number of ether oxygens (including phenoxy) is 3. The van der Waals surface area contributed by atoms with Crippen LogP contribution >= 0.6 is 0 Å². The molecular weight excluding hydrogens is 396 g/mol. The molecule has 0 saturated carbocycles. The van der Waals surface area contributed by atoms with Crippen molar-refractivity contribution in [2.45, 2.75) is 6.54 Å². The Morgan fingerprint density at radius 3 is 2.47 bits per heavy atom. The van der Waals surface area contributed by atoms with E-state index in [4.69, 9.17) is 9.15 Å². The standard InChI is InChI=1S/C20H18N2O8/c1-27-17(23)11-29-13-5-3-12(4-6-13)9-15-18(24)22(20(26)21-15)10-14-7-8-16(30-14)19(25)28-2/h3-9H,10-11H2,1-2H3,(H,21,26)/b15-9-. The number of benzene rings is 1. The fourth-order valence-corrected chi connectivity index (χ4v) is 2.57. The van der Waals surface area contributed by atoms with Gasteiger partial charge >= 0.3 is 18.0 Å². The zero-order chi connectivity index (χ0) is 21.7. The molecule has 0 bridgehead atoms. The van der Waals surface area contributed by atoms with E-state index >= 15 is 0 Å². The Labute approximate surface area is 171 Å². The number of imide groups is 1. The zero-order valence-electron chi connectivity index (χ0n) is 16.2. The number of rotatable bonds is 7. The second-order valence-corrected chi connectivity index (χ2v) is 6.07. The van der Waals surface area contributed by atoms with Crippen LogP contribution in [0.2, 0.25) is 0 Å². The molecule has 30 heavy (non-hydrogen) atoms. The molecule has 156 valence electrons. The van der Waals surface area contributed by atoms with E-state index < -0.39 is 23.9 Å². The topological polar surface area (TPSA) is 124 Å². The smallest absolute Gasteiger partial charge is 0.373 e. The molecule has 1 aromatic carbocycles. The molecule has 10 nitrogen and oxygen atoms in total. The first kappa shape index (κ1) is 20.6. The second kappa shape index (κ2) is 8.95. The first-order valence-corrected chi connectivity index (χ1v) is 8.72. The Morgan fingerprint density at radius 2 is 1.80 bits per heavy atom. The second-order valence-electron chi connectivity index (χ2n) is 6.07. The first-order valence-electron chi connectivity index (χ1n) is 8.72. The van der Waals surface area contributed by atoms with Gasteiger partial charge < -0.3 is 23.9 Å². The molecule has 0 atom stereocenters. The van der Waals surface area contributed by atoms with Crippen LogP contribution in [0.1, 0.15) is 21.9 Å². The predicted octanol–water partition coefficient (Wildman–Crippen LogP) is 1.71. The fourth-order valence-electron chi connectivity index (χ4n) is 2.57. The van der Waals surface area contributed by atoms with E-state index in [1.807, 2.05) is 0 Å². The van der Waals surface area contributed by atoms with Gasteiger partial charge in [0.25, 0.3) is 5.91 Å². The van der Waals surface area contributed by atoms with Crippen molar-refractivity contribution in [3.05, 3.63) is 59.2 Å². The Bertz CT molecular complexity index is 1010. The average molecular weight is 414 g/mol. The lowest BCUT2D eigenvalue weighted by atomic mass is 10.2. The molecule has 1 aliphatic rings. The minimum absolute atomic E-state index is 0.0233. The van der Waals surface area contributed by atoms with Gasteiger partial charge in [-0.2, -0.15) is 0 Å². The average Bonchev–Trinajstić information content (AvgIpc) is 3.33. The third kappa shape index (κ3) is 4.66. The molecule has 2 heterocycles. The minimum atomic E-state index is -0.655. The quantitative estimate of drug-likeness (QED) is 0.412. The summed E-state index contributed by atoms with van der Waals surface area (Å²) >= 11 is 0. The van der Waals surface area contributed by atoms with Gasteiger partial charge in [-0.15, -0.1) is 0 Å². The minimum Gasteiger partial charge on any atom is -0.482 e. The maximum absolute atomic E-state index is 12.6. The normalized spacial score (nSPS) is 14.6. The van der Waals surface area contributed by atoms with Gasteiger partial charge in [-0.1, -0.05) is 12.1 Å². The number of carbonyl (C=O) groups excluding carboxylic acids is 4. The van der Waals surface area contributed by atoms with Gasteiger partial charge in [-0.25, -0.2) is 14.4 Å². The van der Waals surface area contributed by atoms with Crippen LogP contribution in [-0.4, -0.2) is 49.6 Å². The van der Waals surface area contributed by atoms with Crippen molar-refractivity contribution in [3.63, 3.8) is 0 Å². The highest BCUT2D eigenvalue weighted by atomic mass is 16.6. The molecule has 1 aliphatic heterocycles. The molecule has 0 spiro atoms. The van der Waals surface area contributed by atoms with Crippen molar-refractivity contribution in [3.8, 4) is 5.75 Å². The van der Waals surface area contributed by atoms with E-state index in [-0.39, 0.29) is 30.4 Å². The van der Waals surface area contributed by atoms with Crippen LogP contribution in [0.15, 0.2) is 46.5 Å². The Morgan fingerprint density at radius 1 is 1.07 bits per heavy atom. The van der Waals surface area contributed by atoms with Crippen LogP contribution < -0.4 is 10.1 Å². The molecule has 0 unspecified atom stereocenters. The fraction of sp³-hybridized carbons (Fsp3) is 0.200. The molecule has 1 N–H and O–H groups in total. The third-order valence-electron chi connectivity index (χ3n) is 4.10. The van der Waals surface area contributed by atoms with Crippen LogP contribution in [0.4, 0.5) is 4.79 Å². The Balaban J connectivity index is 1.66. The zero-order valence-corrected chi connectivity index (χ0v) is 16.2. The number of esters is 2. The van der Waals surface area contributed by atoms with Crippen molar-refractivity contribution in [1.29, 1.82) is 0 Å². The lowest BCUT2D eigenvalue weighted by Gasteiger charge is -2.09. The van der Waals surface area contributed by atoms with Gasteiger partial charge in [0.15, 0.2) is 6.61 Å². The van der Waals surface area contributed by atoms with Gasteiger partial charge in [0.05, 0.1) is 20.8 Å². The first-order chi connectivity index (χ1) is 14.4. The van der Waals surface area contributed by atoms with E-state index in [1.54, 1.807) is 24.3 Å². The van der Waals surface area contributed by atoms with Crippen molar-refractivity contribution in [2.75, 3.05) is 20.8 Å². The van der Waals surface area contributed by atoms with Crippen molar-refractivity contribution in [1.82, 2.24) is 10.2 Å².